The molecule has 2 atom stereocenters. The van der Waals surface area contributed by atoms with Gasteiger partial charge in [0.15, 0.2) is 0 Å². The molecule has 0 saturated heterocycles. The molecule has 1 amide bonds. The topological polar surface area (TPSA) is 86.2 Å². The Morgan fingerprint density at radius 3 is 3.07 bits per heavy atom. The van der Waals surface area contributed by atoms with Crippen molar-refractivity contribution < 1.29 is 9.53 Å². The van der Waals surface area contributed by atoms with Gasteiger partial charge in [0.2, 0.25) is 0 Å². The van der Waals surface area contributed by atoms with Gasteiger partial charge < -0.3 is 20.7 Å². The zero-order valence-electron chi connectivity index (χ0n) is 16.3. The summed E-state index contributed by atoms with van der Waals surface area (Å²) in [4.78, 5) is 12.2. The number of hydrogen-bond donors (Lipinski definition) is 3. The minimum atomic E-state index is 0.0187. The summed E-state index contributed by atoms with van der Waals surface area (Å²) >= 11 is 0. The zero-order valence-corrected chi connectivity index (χ0v) is 16.3. The Morgan fingerprint density at radius 1 is 1.24 bits per heavy atom. The molecule has 148 valence electrons. The summed E-state index contributed by atoms with van der Waals surface area (Å²) in [5, 5.41) is 19.1. The molecule has 29 heavy (non-hydrogen) atoms. The standard InChI is InChI=1S/C23H24N4O2/c24-10-14-3-5-20-18(8-14)15(11-26-20)2-1-7-25-17-9-19-21(29-13-17)6-4-16-12-27-23(28)22(16)19/h3-6,8,15,17,25-26H,1-2,7,9,11-13H2,(H,27,28). The number of amides is 1. The summed E-state index contributed by atoms with van der Waals surface area (Å²) in [6.07, 6.45) is 2.95. The molecule has 6 nitrogen and oxygen atoms in total. The highest BCUT2D eigenvalue weighted by molar-refractivity contribution is 6.00. The number of fused-ring (bicyclic) bond motifs is 4. The lowest BCUT2D eigenvalue weighted by molar-refractivity contribution is 0.0963. The van der Waals surface area contributed by atoms with E-state index in [2.05, 4.69) is 22.0 Å². The van der Waals surface area contributed by atoms with Crippen molar-refractivity contribution >= 4 is 11.6 Å². The monoisotopic (exact) mass is 388 g/mol. The van der Waals surface area contributed by atoms with Crippen molar-refractivity contribution in [2.45, 2.75) is 37.8 Å². The van der Waals surface area contributed by atoms with E-state index in [0.717, 1.165) is 66.0 Å². The van der Waals surface area contributed by atoms with Crippen molar-refractivity contribution in [3.63, 3.8) is 0 Å². The Morgan fingerprint density at radius 2 is 2.17 bits per heavy atom. The molecule has 5 rings (SSSR count). The summed E-state index contributed by atoms with van der Waals surface area (Å²) in [6, 6.07) is 12.3. The van der Waals surface area contributed by atoms with Gasteiger partial charge in [0.25, 0.3) is 5.91 Å². The maximum absolute atomic E-state index is 12.2. The molecule has 6 heteroatoms. The molecule has 3 heterocycles. The van der Waals surface area contributed by atoms with Crippen LogP contribution >= 0.6 is 0 Å². The van der Waals surface area contributed by atoms with Crippen LogP contribution in [0.25, 0.3) is 0 Å². The normalized spacial score (nSPS) is 21.3. The summed E-state index contributed by atoms with van der Waals surface area (Å²) in [5.74, 6) is 1.32. The third-order valence-corrected chi connectivity index (χ3v) is 6.23. The Bertz CT molecular complexity index is 1010. The summed E-state index contributed by atoms with van der Waals surface area (Å²) < 4.78 is 5.93. The van der Waals surface area contributed by atoms with E-state index >= 15 is 0 Å². The fourth-order valence-corrected chi connectivity index (χ4v) is 4.72. The second kappa shape index (κ2) is 7.41. The van der Waals surface area contributed by atoms with Crippen molar-refractivity contribution in [1.29, 1.82) is 5.26 Å². The molecule has 0 saturated carbocycles. The van der Waals surface area contributed by atoms with Crippen LogP contribution in [0.2, 0.25) is 0 Å². The van der Waals surface area contributed by atoms with Crippen LogP contribution in [0.5, 0.6) is 5.75 Å². The summed E-state index contributed by atoms with van der Waals surface area (Å²) in [7, 11) is 0. The summed E-state index contributed by atoms with van der Waals surface area (Å²) in [6.45, 7) is 3.09. The van der Waals surface area contributed by atoms with E-state index in [1.165, 1.54) is 5.56 Å². The van der Waals surface area contributed by atoms with Crippen molar-refractivity contribution in [3.05, 3.63) is 58.1 Å². The molecule has 2 aromatic carbocycles. The number of carbonyl (C=O) groups is 1. The molecule has 3 N–H and O–H groups in total. The minimum absolute atomic E-state index is 0.0187. The fraction of sp³-hybridized carbons (Fsp3) is 0.391. The van der Waals surface area contributed by atoms with Gasteiger partial charge in [-0.25, -0.2) is 0 Å². The van der Waals surface area contributed by atoms with Crippen LogP contribution in [0.1, 0.15) is 51.4 Å². The fourth-order valence-electron chi connectivity index (χ4n) is 4.72. The van der Waals surface area contributed by atoms with Crippen LogP contribution in [0.4, 0.5) is 5.69 Å². The minimum Gasteiger partial charge on any atom is -0.492 e. The number of rotatable bonds is 5. The molecule has 0 fully saturated rings. The Kier molecular flexibility index (Phi) is 4.61. The van der Waals surface area contributed by atoms with Crippen LogP contribution in [0, 0.1) is 11.3 Å². The van der Waals surface area contributed by atoms with Crippen LogP contribution in [-0.4, -0.2) is 31.6 Å². The number of benzene rings is 2. The number of ether oxygens (including phenoxy) is 1. The third-order valence-electron chi connectivity index (χ3n) is 6.23. The lowest BCUT2D eigenvalue weighted by atomic mass is 9.93. The first-order valence-corrected chi connectivity index (χ1v) is 10.3. The van der Waals surface area contributed by atoms with Gasteiger partial charge in [0.05, 0.1) is 17.2 Å². The highest BCUT2D eigenvalue weighted by atomic mass is 16.5. The van der Waals surface area contributed by atoms with E-state index in [1.54, 1.807) is 0 Å². The van der Waals surface area contributed by atoms with Crippen molar-refractivity contribution in [3.8, 4) is 11.8 Å². The zero-order chi connectivity index (χ0) is 19.8. The molecule has 2 unspecified atom stereocenters. The average Bonchev–Trinajstić information content (AvgIpc) is 3.34. The van der Waals surface area contributed by atoms with Gasteiger partial charge in [0.1, 0.15) is 12.4 Å². The van der Waals surface area contributed by atoms with Crippen LogP contribution in [-0.2, 0) is 13.0 Å². The molecule has 0 aromatic heterocycles. The van der Waals surface area contributed by atoms with Gasteiger partial charge in [-0.15, -0.1) is 0 Å². The molecule has 0 bridgehead atoms. The molecule has 0 aliphatic carbocycles. The molecular weight excluding hydrogens is 364 g/mol. The largest absolute Gasteiger partial charge is 0.492 e. The van der Waals surface area contributed by atoms with Gasteiger partial charge >= 0.3 is 0 Å². The van der Waals surface area contributed by atoms with Gasteiger partial charge in [-0.1, -0.05) is 6.07 Å². The molecular formula is C23H24N4O2. The summed E-state index contributed by atoms with van der Waals surface area (Å²) in [5.41, 5.74) is 6.08. The van der Waals surface area contributed by atoms with E-state index in [4.69, 9.17) is 10.00 Å². The first kappa shape index (κ1) is 18.0. The molecule has 3 aliphatic heterocycles. The highest BCUT2D eigenvalue weighted by Crippen LogP contribution is 2.35. The maximum Gasteiger partial charge on any atom is 0.252 e. The van der Waals surface area contributed by atoms with Gasteiger partial charge in [-0.2, -0.15) is 5.26 Å². The first-order valence-electron chi connectivity index (χ1n) is 10.3. The molecule has 0 radical (unpaired) electrons. The van der Waals surface area contributed by atoms with Crippen molar-refractivity contribution in [1.82, 2.24) is 10.6 Å². The van der Waals surface area contributed by atoms with Gasteiger partial charge in [0, 0.05) is 36.3 Å². The lowest BCUT2D eigenvalue weighted by Crippen LogP contribution is -2.40. The number of nitriles is 1. The Labute approximate surface area is 170 Å². The first-order chi connectivity index (χ1) is 14.2. The lowest BCUT2D eigenvalue weighted by Gasteiger charge is -2.27. The highest BCUT2D eigenvalue weighted by Gasteiger charge is 2.30. The number of anilines is 1. The van der Waals surface area contributed by atoms with Gasteiger partial charge in [-0.3, -0.25) is 4.79 Å². The predicted molar refractivity (Wildman–Crippen MR) is 110 cm³/mol. The number of nitrogens with zero attached hydrogens (tertiary/aromatic N) is 1. The van der Waals surface area contributed by atoms with E-state index in [9.17, 15) is 4.79 Å². The Balaban J connectivity index is 1.16. The Hall–Kier alpha value is -3.04. The second-order valence-corrected chi connectivity index (χ2v) is 8.06. The molecule has 3 aliphatic rings. The van der Waals surface area contributed by atoms with Crippen LogP contribution in [0.15, 0.2) is 30.3 Å². The second-order valence-electron chi connectivity index (χ2n) is 8.06. The van der Waals surface area contributed by atoms with Gasteiger partial charge in [-0.05, 0) is 61.2 Å². The SMILES string of the molecule is N#Cc1ccc2c(c1)C(CCCNC1COc3ccc4c(c3C1)C(=O)NC4)CN2. The van der Waals surface area contributed by atoms with Crippen LogP contribution in [0.3, 0.4) is 0 Å². The van der Waals surface area contributed by atoms with E-state index in [0.29, 0.717) is 19.1 Å². The van der Waals surface area contributed by atoms with Crippen molar-refractivity contribution in [2.24, 2.45) is 0 Å². The quantitative estimate of drug-likeness (QED) is 0.686. The number of hydrogen-bond acceptors (Lipinski definition) is 5. The van der Waals surface area contributed by atoms with Crippen LogP contribution < -0.4 is 20.7 Å². The molecule has 0 spiro atoms. The van der Waals surface area contributed by atoms with E-state index in [-0.39, 0.29) is 11.9 Å². The third kappa shape index (κ3) is 3.32. The van der Waals surface area contributed by atoms with E-state index < -0.39 is 0 Å². The predicted octanol–water partition coefficient (Wildman–Crippen LogP) is 2.68. The van der Waals surface area contributed by atoms with Crippen molar-refractivity contribution in [2.75, 3.05) is 25.0 Å². The smallest absolute Gasteiger partial charge is 0.252 e. The maximum atomic E-state index is 12.2. The molecule has 2 aromatic rings. The van der Waals surface area contributed by atoms with E-state index in [1.807, 2.05) is 30.3 Å². The number of carbonyl (C=O) groups excluding carboxylic acids is 1. The average molecular weight is 388 g/mol. The number of nitrogens with one attached hydrogen (secondary N) is 3.